The fourth-order valence-electron chi connectivity index (χ4n) is 18.7. The van der Waals surface area contributed by atoms with E-state index in [1.807, 2.05) is 5.57 Å². The normalized spacial score (nSPS) is 34.8. The zero-order valence-electron chi connectivity index (χ0n) is 38.5. The number of rotatable bonds is 7. The molecule has 0 N–H and O–H groups in total. The third kappa shape index (κ3) is 6.83. The molecule has 8 bridgehead atoms. The number of fused-ring (bicyclic) bond motifs is 2. The van der Waals surface area contributed by atoms with Gasteiger partial charge < -0.3 is 0 Å². The minimum absolute atomic E-state index is 0. The van der Waals surface area contributed by atoms with Crippen molar-refractivity contribution in [2.45, 2.75) is 143 Å². The summed E-state index contributed by atoms with van der Waals surface area (Å²) in [5, 5.41) is 0. The molecule has 0 spiro atoms. The van der Waals surface area contributed by atoms with Crippen molar-refractivity contribution in [1.29, 1.82) is 0 Å². The van der Waals surface area contributed by atoms with Crippen molar-refractivity contribution in [1.82, 2.24) is 0 Å². The topological polar surface area (TPSA) is 0 Å². The van der Waals surface area contributed by atoms with E-state index in [0.29, 0.717) is 18.1 Å². The summed E-state index contributed by atoms with van der Waals surface area (Å²) in [6, 6.07) is 35.4. The summed E-state index contributed by atoms with van der Waals surface area (Å²) in [6.07, 6.45) is 30.2. The summed E-state index contributed by atoms with van der Waals surface area (Å²) in [5.74, 6) is 6.64. The van der Waals surface area contributed by atoms with Gasteiger partial charge in [-0.2, -0.15) is 0 Å². The molecule has 2 atom stereocenters. The first-order chi connectivity index (χ1) is 29.5. The first-order valence-corrected chi connectivity index (χ1v) is 39.1. The zero-order chi connectivity index (χ0) is 40.9. The summed E-state index contributed by atoms with van der Waals surface area (Å²) in [5.41, 5.74) is 19.9. The Kier molecular flexibility index (Phi) is 10.8. The van der Waals surface area contributed by atoms with Crippen LogP contribution in [-0.2, 0) is 28.2 Å². The van der Waals surface area contributed by atoms with Gasteiger partial charge in [0.15, 0.2) is 0 Å². The molecule has 4 heteroatoms. The molecule has 0 heterocycles. The van der Waals surface area contributed by atoms with E-state index in [4.69, 9.17) is 0 Å². The van der Waals surface area contributed by atoms with E-state index in [-0.39, 0.29) is 24.8 Å². The van der Waals surface area contributed by atoms with Crippen LogP contribution >= 0.6 is 24.8 Å². The van der Waals surface area contributed by atoms with Crippen LogP contribution in [0.2, 0.25) is 9.26 Å². The van der Waals surface area contributed by atoms with Crippen molar-refractivity contribution in [3.63, 3.8) is 0 Å². The van der Waals surface area contributed by atoms with Crippen LogP contribution in [0.25, 0.3) is 34.4 Å². The molecule has 0 nitrogen and oxygen atoms in total. The van der Waals surface area contributed by atoms with Gasteiger partial charge in [-0.05, 0) is 0 Å². The number of halogens is 2. The van der Waals surface area contributed by atoms with Gasteiger partial charge >= 0.3 is 373 Å². The minimum atomic E-state index is -3.77. The van der Waals surface area contributed by atoms with E-state index >= 15 is 0 Å². The van der Waals surface area contributed by atoms with E-state index in [9.17, 15) is 0 Å². The predicted octanol–water partition coefficient (Wildman–Crippen LogP) is 16.3. The summed E-state index contributed by atoms with van der Waals surface area (Å²) >= 11 is -3.77. The van der Waals surface area contributed by atoms with E-state index in [0.717, 1.165) is 41.4 Å². The molecule has 4 aromatic carbocycles. The Morgan fingerprint density at radius 2 is 0.889 bits per heavy atom. The Morgan fingerprint density at radius 1 is 0.492 bits per heavy atom. The van der Waals surface area contributed by atoms with Crippen molar-refractivity contribution in [3.05, 3.63) is 129 Å². The van der Waals surface area contributed by atoms with Crippen LogP contribution in [0, 0.1) is 41.4 Å². The second-order valence-corrected chi connectivity index (χ2v) is 55.3. The van der Waals surface area contributed by atoms with E-state index in [1.54, 1.807) is 33.4 Å². The molecule has 0 aromatic heterocycles. The maximum atomic E-state index is 2.88. The maximum Gasteiger partial charge on any atom is -0.147 e. The molecular weight excluding hydrogens is 899 g/mol. The Morgan fingerprint density at radius 3 is 1.32 bits per heavy atom. The number of allylic oxidation sites excluding steroid dienone is 2. The maximum absolute atomic E-state index is 3.77. The summed E-state index contributed by atoms with van der Waals surface area (Å²) in [4.78, 5) is 0. The molecule has 2 unspecified atom stereocenters. The summed E-state index contributed by atoms with van der Waals surface area (Å²) < 4.78 is 6.89. The van der Waals surface area contributed by atoms with Gasteiger partial charge in [0.25, 0.3) is 0 Å². The number of benzene rings is 4. The quantitative estimate of drug-likeness (QED) is 0.162. The molecule has 15 rings (SSSR count). The van der Waals surface area contributed by atoms with Gasteiger partial charge in [-0.3, -0.25) is 0 Å². The van der Waals surface area contributed by atoms with Crippen LogP contribution in [-0.4, -0.2) is 6.88 Å². The van der Waals surface area contributed by atoms with Crippen molar-refractivity contribution in [2.75, 3.05) is 0 Å². The average Bonchev–Trinajstić information content (AvgIpc) is 3.83. The Bertz CT molecular complexity index is 2510. The van der Waals surface area contributed by atoms with Crippen LogP contribution in [0.1, 0.15) is 157 Å². The molecule has 11 aliphatic rings. The largest absolute Gasteiger partial charge is 0.147 e. The average molecular weight is 971 g/mol. The number of hydrogen-bond donors (Lipinski definition) is 0. The third-order valence-corrected chi connectivity index (χ3v) is 37.7. The molecule has 0 amide bonds. The van der Waals surface area contributed by atoms with Gasteiger partial charge in [0.1, 0.15) is 0 Å². The van der Waals surface area contributed by atoms with Crippen LogP contribution < -0.4 is 0 Å². The molecule has 4 aromatic rings. The SMILES string of the molecule is CC1=Cc2c(-c3ccc(C45CC6CC(CC(C6)C4)C5)cc3)cccc2[CH]1[Zr]([CH3])([CH3])(=[SiH2])[CH]1C(C2CCCCC2)=Cc2c(-c3ccc(C45CC6CC(CC(C6)C4)C5)cc3)cccc21.Cl.Cl. The van der Waals surface area contributed by atoms with E-state index in [1.165, 1.54) is 137 Å². The van der Waals surface area contributed by atoms with Crippen molar-refractivity contribution in [2.24, 2.45) is 41.4 Å². The fourth-order valence-corrected chi connectivity index (χ4v) is 39.0. The second-order valence-electron chi connectivity index (χ2n) is 24.8. The van der Waals surface area contributed by atoms with Gasteiger partial charge in [-0.25, -0.2) is 0 Å². The molecule has 11 aliphatic carbocycles. The molecule has 9 saturated carbocycles. The van der Waals surface area contributed by atoms with Gasteiger partial charge in [0, 0.05) is 0 Å². The van der Waals surface area contributed by atoms with Crippen LogP contribution in [0.4, 0.5) is 0 Å². The van der Waals surface area contributed by atoms with Crippen molar-refractivity contribution < 1.29 is 17.4 Å². The molecule has 63 heavy (non-hydrogen) atoms. The summed E-state index contributed by atoms with van der Waals surface area (Å²) in [6.45, 7) is 5.07. The molecule has 0 aliphatic heterocycles. The smallest absolute Gasteiger partial charge is 0.147 e. The Labute approximate surface area is 394 Å². The van der Waals surface area contributed by atoms with Gasteiger partial charge in [0.2, 0.25) is 0 Å². The fraction of sp³-hybridized carbons (Fsp3) is 0.525. The van der Waals surface area contributed by atoms with Crippen LogP contribution in [0.3, 0.4) is 0 Å². The monoisotopic (exact) mass is 968 g/mol. The van der Waals surface area contributed by atoms with Gasteiger partial charge in [-0.1, -0.05) is 0 Å². The first-order valence-electron chi connectivity index (χ1n) is 25.4. The zero-order valence-corrected chi connectivity index (χ0v) is 44.0. The predicted molar refractivity (Wildman–Crippen MR) is 272 cm³/mol. The summed E-state index contributed by atoms with van der Waals surface area (Å²) in [7, 11) is 0. The molecule has 9 fully saturated rings. The molecular formula is C59H72Cl2SiZr. The molecule has 0 saturated heterocycles. The second kappa shape index (κ2) is 15.5. The standard InChI is InChI=1S/C31H35.C26H27.2CH3.2ClH.H2Si.Zr/c1-2-5-24(6-3-1)27-16-26-7-4-8-29(30(26)17-27)25-9-11-28(12-10-25)31-18-21-13-22(19-31)15-23(14-21)20-31;1-17-9-22-3-2-4-24(25(22)10-17)21-5-7-23(8-6-21)26-14-18-11-19(15-26)13-20(12-18)16-26;;;;;;/h4,7-12,16-17,21-24H,1-3,5-6,13-15,18-20H2;2-10,18-20H,11-16H2,1H3;2*1H3;2*1H;1H2;. The van der Waals surface area contributed by atoms with Crippen molar-refractivity contribution >= 4 is 43.8 Å². The van der Waals surface area contributed by atoms with Gasteiger partial charge in [-0.15, -0.1) is 24.8 Å². The minimum Gasteiger partial charge on any atom is -0.147 e. The Balaban J connectivity index is 0.00000222. The molecule has 0 radical (unpaired) electrons. The third-order valence-electron chi connectivity index (χ3n) is 20.0. The molecule has 330 valence electrons. The number of hydrogen-bond acceptors (Lipinski definition) is 0. The van der Waals surface area contributed by atoms with Gasteiger partial charge in [0.05, 0.1) is 0 Å². The van der Waals surface area contributed by atoms with Crippen LogP contribution in [0.5, 0.6) is 0 Å². The first kappa shape index (κ1) is 43.6. The van der Waals surface area contributed by atoms with Crippen LogP contribution in [0.15, 0.2) is 96.1 Å². The van der Waals surface area contributed by atoms with E-state index in [2.05, 4.69) is 120 Å². The van der Waals surface area contributed by atoms with Crippen molar-refractivity contribution in [3.8, 4) is 22.3 Å². The Hall–Kier alpha value is -1.96. The van der Waals surface area contributed by atoms with E-state index < -0.39 is 17.4 Å².